The molecule has 0 aromatic heterocycles. The smallest absolute Gasteiger partial charge is 0.235 e. The van der Waals surface area contributed by atoms with Gasteiger partial charge in [-0.2, -0.15) is 0 Å². The number of benzene rings is 1. The van der Waals surface area contributed by atoms with Crippen molar-refractivity contribution >= 4 is 38.4 Å². The van der Waals surface area contributed by atoms with Gasteiger partial charge in [0.1, 0.15) is 0 Å². The van der Waals surface area contributed by atoms with E-state index >= 15 is 0 Å². The van der Waals surface area contributed by atoms with Crippen molar-refractivity contribution in [3.05, 3.63) is 29.8 Å². The lowest BCUT2D eigenvalue weighted by molar-refractivity contribution is 0.229. The molecule has 76 valence electrons. The third kappa shape index (κ3) is 3.03. The van der Waals surface area contributed by atoms with Gasteiger partial charge in [-0.25, -0.2) is 13.8 Å². The number of para-hydroxylation sites is 1. The summed E-state index contributed by atoms with van der Waals surface area (Å²) in [5.41, 5.74) is 1.29. The zero-order chi connectivity index (χ0) is 10.6. The molecule has 0 aliphatic rings. The Morgan fingerprint density at radius 3 is 2.64 bits per heavy atom. The van der Waals surface area contributed by atoms with Gasteiger partial charge in [0.2, 0.25) is 0 Å². The van der Waals surface area contributed by atoms with Crippen LogP contribution in [-0.4, -0.2) is 11.6 Å². The highest BCUT2D eigenvalue weighted by molar-refractivity contribution is 9.08. The van der Waals surface area contributed by atoms with Crippen LogP contribution in [0.5, 0.6) is 0 Å². The molecule has 0 bridgehead atoms. The second kappa shape index (κ2) is 5.41. The molecule has 5 heteroatoms. The molecule has 0 spiro atoms. The van der Waals surface area contributed by atoms with Crippen LogP contribution in [0.2, 0.25) is 0 Å². The molecule has 14 heavy (non-hydrogen) atoms. The van der Waals surface area contributed by atoms with Crippen LogP contribution in [0, 0.1) is 0 Å². The number of alkyl halides is 3. The Labute approximate surface area is 93.9 Å². The fourth-order valence-electron chi connectivity index (χ4n) is 0.897. The number of hydrogen-bond donors (Lipinski definition) is 0. The molecule has 1 rings (SSSR count). The quantitative estimate of drug-likeness (QED) is 0.584. The largest absolute Gasteiger partial charge is 0.290 e. The molecular formula is C9H7BrClF2N. The molecule has 0 saturated heterocycles. The van der Waals surface area contributed by atoms with Crippen molar-refractivity contribution in [2.75, 3.05) is 0 Å². The highest BCUT2D eigenvalue weighted by atomic mass is 79.9. The van der Waals surface area contributed by atoms with Gasteiger partial charge in [0.15, 0.2) is 5.17 Å². The Balaban J connectivity index is 3.01. The topological polar surface area (TPSA) is 12.4 Å². The van der Waals surface area contributed by atoms with Crippen LogP contribution in [0.4, 0.5) is 14.5 Å². The lowest BCUT2D eigenvalue weighted by atomic mass is 10.2. The molecule has 0 saturated carbocycles. The van der Waals surface area contributed by atoms with Crippen LogP contribution in [0.15, 0.2) is 29.3 Å². The van der Waals surface area contributed by atoms with Gasteiger partial charge in [-0.15, -0.1) is 0 Å². The minimum absolute atomic E-state index is 0.467. The van der Waals surface area contributed by atoms with Crippen LogP contribution in [0.25, 0.3) is 0 Å². The first kappa shape index (κ1) is 11.6. The molecule has 1 aromatic rings. The Bertz CT molecular complexity index is 341. The van der Waals surface area contributed by atoms with Gasteiger partial charge < -0.3 is 0 Å². The second-order valence-electron chi connectivity index (χ2n) is 2.50. The fourth-order valence-corrected chi connectivity index (χ4v) is 1.46. The Morgan fingerprint density at radius 1 is 1.43 bits per heavy atom. The Morgan fingerprint density at radius 2 is 2.07 bits per heavy atom. The predicted octanol–water partition coefficient (Wildman–Crippen LogP) is 4.12. The van der Waals surface area contributed by atoms with Crippen molar-refractivity contribution in [1.29, 1.82) is 0 Å². The minimum Gasteiger partial charge on any atom is -0.235 e. The summed E-state index contributed by atoms with van der Waals surface area (Å²) in [6, 6.07) is 6.97. The normalized spacial score (nSPS) is 12.2. The van der Waals surface area contributed by atoms with Crippen molar-refractivity contribution in [3.63, 3.8) is 0 Å². The molecule has 0 atom stereocenters. The lowest BCUT2D eigenvalue weighted by Crippen LogP contribution is -2.00. The summed E-state index contributed by atoms with van der Waals surface area (Å²) < 4.78 is 24.2. The summed E-state index contributed by atoms with van der Waals surface area (Å²) in [6.45, 7) is 0. The van der Waals surface area contributed by atoms with Gasteiger partial charge in [-0.05, 0) is 11.6 Å². The van der Waals surface area contributed by atoms with Gasteiger partial charge >= 0.3 is 0 Å². The van der Waals surface area contributed by atoms with E-state index in [9.17, 15) is 8.78 Å². The summed E-state index contributed by atoms with van der Waals surface area (Å²) >= 11 is 8.50. The van der Waals surface area contributed by atoms with Gasteiger partial charge in [-0.3, -0.25) is 0 Å². The van der Waals surface area contributed by atoms with E-state index in [1.54, 1.807) is 18.2 Å². The molecule has 0 heterocycles. The summed E-state index contributed by atoms with van der Waals surface area (Å²) in [6.07, 6.45) is -2.72. The van der Waals surface area contributed by atoms with Crippen LogP contribution < -0.4 is 0 Å². The first-order chi connectivity index (χ1) is 6.65. The van der Waals surface area contributed by atoms with Crippen LogP contribution in [0.3, 0.4) is 0 Å². The van der Waals surface area contributed by atoms with E-state index in [-0.39, 0.29) is 0 Å². The van der Waals surface area contributed by atoms with Gasteiger partial charge in [0.05, 0.1) is 5.69 Å². The third-order valence-corrected chi connectivity index (χ3v) is 2.40. The molecule has 0 aliphatic heterocycles. The molecule has 0 amide bonds. The first-order valence-electron chi connectivity index (χ1n) is 3.81. The van der Waals surface area contributed by atoms with Crippen molar-refractivity contribution in [2.45, 2.75) is 11.8 Å². The lowest BCUT2D eigenvalue weighted by Gasteiger charge is -2.02. The van der Waals surface area contributed by atoms with Crippen LogP contribution >= 0.6 is 27.5 Å². The van der Waals surface area contributed by atoms with Gasteiger partial charge in [-0.1, -0.05) is 45.7 Å². The van der Waals surface area contributed by atoms with E-state index in [1.807, 2.05) is 6.07 Å². The van der Waals surface area contributed by atoms with E-state index in [0.29, 0.717) is 11.0 Å². The second-order valence-corrected chi connectivity index (χ2v) is 3.45. The van der Waals surface area contributed by atoms with E-state index < -0.39 is 11.6 Å². The average Bonchev–Trinajstić information content (AvgIpc) is 2.18. The number of hydrogen-bond acceptors (Lipinski definition) is 1. The first-order valence-corrected chi connectivity index (χ1v) is 5.31. The van der Waals surface area contributed by atoms with E-state index in [1.165, 1.54) is 0 Å². The molecule has 1 aromatic carbocycles. The maximum atomic E-state index is 12.1. The summed E-state index contributed by atoms with van der Waals surface area (Å²) in [5, 5.41) is -0.126. The van der Waals surface area contributed by atoms with Crippen LogP contribution in [0.1, 0.15) is 5.56 Å². The molecule has 0 unspecified atom stereocenters. The summed E-state index contributed by atoms with van der Waals surface area (Å²) in [4.78, 5) is 3.63. The maximum absolute atomic E-state index is 12.1. The number of nitrogens with zero attached hydrogens (tertiary/aromatic N) is 1. The highest BCUT2D eigenvalue weighted by Gasteiger charge is 2.10. The van der Waals surface area contributed by atoms with Crippen molar-refractivity contribution in [2.24, 2.45) is 4.99 Å². The van der Waals surface area contributed by atoms with Crippen LogP contribution in [-0.2, 0) is 5.33 Å². The third-order valence-electron chi connectivity index (χ3n) is 1.54. The average molecular weight is 283 g/mol. The minimum atomic E-state index is -2.72. The number of rotatable bonds is 3. The summed E-state index contributed by atoms with van der Waals surface area (Å²) in [7, 11) is 0. The standard InChI is InChI=1S/C9H7BrClF2N/c10-5-6-3-1-2-4-7(6)14-8(11)9(12)13/h1-4,9H,5H2. The van der Waals surface area contributed by atoms with Crippen molar-refractivity contribution in [1.82, 2.24) is 0 Å². The summed E-state index contributed by atoms with van der Waals surface area (Å²) in [5.74, 6) is 0. The Hall–Kier alpha value is -0.480. The highest BCUT2D eigenvalue weighted by Crippen LogP contribution is 2.22. The molecule has 0 radical (unpaired) electrons. The molecular weight excluding hydrogens is 275 g/mol. The van der Waals surface area contributed by atoms with E-state index in [0.717, 1.165) is 5.56 Å². The maximum Gasteiger partial charge on any atom is 0.290 e. The zero-order valence-electron chi connectivity index (χ0n) is 7.05. The van der Waals surface area contributed by atoms with Gasteiger partial charge in [0, 0.05) is 5.33 Å². The van der Waals surface area contributed by atoms with E-state index in [2.05, 4.69) is 20.9 Å². The number of halogens is 4. The van der Waals surface area contributed by atoms with E-state index in [4.69, 9.17) is 11.6 Å². The molecule has 0 aliphatic carbocycles. The number of aliphatic imine (C=N–C) groups is 1. The predicted molar refractivity (Wildman–Crippen MR) is 58.0 cm³/mol. The van der Waals surface area contributed by atoms with Gasteiger partial charge in [0.25, 0.3) is 6.43 Å². The molecule has 0 N–H and O–H groups in total. The van der Waals surface area contributed by atoms with Crippen molar-refractivity contribution < 1.29 is 8.78 Å². The van der Waals surface area contributed by atoms with Crippen molar-refractivity contribution in [3.8, 4) is 0 Å². The fraction of sp³-hybridized carbons (Fsp3) is 0.222. The zero-order valence-corrected chi connectivity index (χ0v) is 9.39. The molecule has 0 fully saturated rings. The monoisotopic (exact) mass is 281 g/mol. The Kier molecular flexibility index (Phi) is 4.48. The SMILES string of the molecule is FC(F)C(Cl)=Nc1ccccc1CBr. The molecule has 1 nitrogen and oxygen atoms in total.